The normalized spacial score (nSPS) is 30.5. The van der Waals surface area contributed by atoms with Crippen molar-refractivity contribution >= 4 is 27.3 Å². The van der Waals surface area contributed by atoms with E-state index in [0.717, 1.165) is 0 Å². The molecule has 0 N–H and O–H groups in total. The van der Waals surface area contributed by atoms with Crippen LogP contribution in [0.4, 0.5) is 0 Å². The van der Waals surface area contributed by atoms with Crippen molar-refractivity contribution in [1.82, 2.24) is 4.98 Å². The maximum Gasteiger partial charge on any atom is 0.0937 e. The first kappa shape index (κ1) is 2.07. The fraction of sp³-hybridized carbons (Fsp3) is 0.571. The van der Waals surface area contributed by atoms with Gasteiger partial charge in [-0.3, -0.25) is 0 Å². The average Bonchev–Trinajstić information content (AvgIpc) is 2.57. The fourth-order valence-electron chi connectivity index (χ4n) is 0.432. The minimum Gasteiger partial charge on any atom is -0.245 e. The van der Waals surface area contributed by atoms with Crippen LogP contribution in [0.2, 0.25) is 0 Å². The Labute approximate surface area is 87.7 Å². The van der Waals surface area contributed by atoms with Gasteiger partial charge in [-0.2, -0.15) is 0 Å². The Morgan fingerprint density at radius 1 is 1.70 bits per heavy atom. The third-order valence-electron chi connectivity index (χ3n) is 0.811. The van der Waals surface area contributed by atoms with Gasteiger partial charge in [0.15, 0.2) is 0 Å². The zero-order chi connectivity index (χ0) is 16.1. The Kier molecular flexibility index (Phi) is 0.723. The third kappa shape index (κ3) is 1.58. The molecule has 0 unspecified atom stereocenters. The largest absolute Gasteiger partial charge is 0.245 e. The van der Waals surface area contributed by atoms with Crippen molar-refractivity contribution < 1.29 is 13.7 Å². The molecule has 1 heterocycles. The molecule has 0 aliphatic rings. The van der Waals surface area contributed by atoms with Crippen LogP contribution in [0.25, 0.3) is 0 Å². The first-order valence-electron chi connectivity index (χ1n) is 7.29. The number of hydrogen-bond donors (Lipinski definition) is 0. The lowest BCUT2D eigenvalue weighted by Gasteiger charge is -1.85. The second kappa shape index (κ2) is 3.49. The van der Waals surface area contributed by atoms with E-state index in [1.54, 1.807) is 0 Å². The summed E-state index contributed by atoms with van der Waals surface area (Å²) in [6.45, 7) is -6.00. The molecule has 0 fully saturated rings. The molecule has 10 heavy (non-hydrogen) atoms. The highest BCUT2D eigenvalue weighted by Gasteiger charge is 2.03. The highest BCUT2D eigenvalue weighted by molar-refractivity contribution is 9.11. The van der Waals surface area contributed by atoms with Crippen LogP contribution < -0.4 is 0 Å². The minimum atomic E-state index is -3.01. The van der Waals surface area contributed by atoms with Gasteiger partial charge >= 0.3 is 0 Å². The van der Waals surface area contributed by atoms with E-state index >= 15 is 0 Å². The minimum absolute atomic E-state index is 0.0400. The fourth-order valence-corrected chi connectivity index (χ4v) is 1.63. The summed E-state index contributed by atoms with van der Waals surface area (Å²) < 4.78 is 73.1. The standard InChI is InChI=1S/C7H10BrNS/c1-3-5-7(8)10-6(4-2)9-5/h3-4H2,1-2H3/i1D3,2D3,3D2,4D2. The Bertz CT molecular complexity index is 501. The van der Waals surface area contributed by atoms with E-state index in [1.165, 1.54) is 0 Å². The van der Waals surface area contributed by atoms with Crippen LogP contribution >= 0.6 is 27.3 Å². The first-order chi connectivity index (χ1) is 8.62. The maximum atomic E-state index is 7.59. The van der Waals surface area contributed by atoms with Gasteiger partial charge in [-0.15, -0.1) is 11.3 Å². The van der Waals surface area contributed by atoms with Gasteiger partial charge in [-0.1, -0.05) is 13.7 Å². The predicted octanol–water partition coefficient (Wildman–Crippen LogP) is 3.03. The summed E-state index contributed by atoms with van der Waals surface area (Å²) in [5.74, 6) is 0. The summed E-state index contributed by atoms with van der Waals surface area (Å²) >= 11 is 3.49. The van der Waals surface area contributed by atoms with E-state index in [-0.39, 0.29) is 3.79 Å². The number of aromatic nitrogens is 1. The van der Waals surface area contributed by atoms with Crippen LogP contribution in [0, 0.1) is 0 Å². The third-order valence-corrected chi connectivity index (χ3v) is 2.43. The predicted molar refractivity (Wildman–Crippen MR) is 48.6 cm³/mol. The molecular formula is C7H10BrNS. The van der Waals surface area contributed by atoms with Crippen molar-refractivity contribution in [3.05, 3.63) is 14.5 Å². The van der Waals surface area contributed by atoms with Gasteiger partial charge < -0.3 is 0 Å². The number of aryl methyl sites for hydroxylation is 2. The molecule has 1 rings (SSSR count). The molecular weight excluding hydrogens is 210 g/mol. The molecule has 3 heteroatoms. The number of thiazole rings is 1. The molecule has 0 radical (unpaired) electrons. The van der Waals surface area contributed by atoms with Gasteiger partial charge in [0.25, 0.3) is 0 Å². The Hall–Kier alpha value is 0.110. The summed E-state index contributed by atoms with van der Waals surface area (Å²) in [6, 6.07) is 0. The van der Waals surface area contributed by atoms with Crippen LogP contribution in [0.1, 0.15) is 38.1 Å². The molecule has 0 spiro atoms. The first-order valence-corrected chi connectivity index (χ1v) is 3.90. The summed E-state index contributed by atoms with van der Waals surface area (Å²) in [5, 5.41) is -0.493. The molecule has 0 saturated carbocycles. The second-order valence-corrected chi connectivity index (χ2v) is 3.71. The van der Waals surface area contributed by atoms with Crippen molar-refractivity contribution in [2.24, 2.45) is 0 Å². The summed E-state index contributed by atoms with van der Waals surface area (Å²) in [6.07, 6.45) is -5.60. The Balaban J connectivity index is 3.39. The van der Waals surface area contributed by atoms with Crippen molar-refractivity contribution in [3.63, 3.8) is 0 Å². The highest BCUT2D eigenvalue weighted by Crippen LogP contribution is 2.25. The van der Waals surface area contributed by atoms with Crippen LogP contribution in [0.5, 0.6) is 0 Å². The van der Waals surface area contributed by atoms with Gasteiger partial charge in [-0.05, 0) is 28.7 Å². The molecule has 0 aliphatic carbocycles. The molecule has 56 valence electrons. The van der Waals surface area contributed by atoms with E-state index in [0.29, 0.717) is 11.3 Å². The van der Waals surface area contributed by atoms with Crippen molar-refractivity contribution in [3.8, 4) is 0 Å². The maximum absolute atomic E-state index is 7.59. The average molecular weight is 230 g/mol. The van der Waals surface area contributed by atoms with Gasteiger partial charge in [0.05, 0.1) is 14.5 Å². The summed E-state index contributed by atoms with van der Waals surface area (Å²) in [5.41, 5.74) is -0.523. The zero-order valence-electron chi connectivity index (χ0n) is 14.7. The second-order valence-electron chi connectivity index (χ2n) is 1.39. The monoisotopic (exact) mass is 229 g/mol. The number of nitrogens with zero attached hydrogens (tertiary/aromatic N) is 1. The molecule has 0 atom stereocenters. The highest BCUT2D eigenvalue weighted by atomic mass is 79.9. The summed E-state index contributed by atoms with van der Waals surface area (Å²) in [7, 11) is 0. The number of halogens is 1. The number of rotatable bonds is 2. The molecule has 0 aromatic carbocycles. The smallest absolute Gasteiger partial charge is 0.0937 e. The van der Waals surface area contributed by atoms with Crippen LogP contribution in [-0.2, 0) is 12.7 Å². The molecule has 0 saturated heterocycles. The molecule has 0 amide bonds. The van der Waals surface area contributed by atoms with E-state index in [1.807, 2.05) is 0 Å². The van der Waals surface area contributed by atoms with Gasteiger partial charge in [-0.25, -0.2) is 4.98 Å². The van der Waals surface area contributed by atoms with Crippen LogP contribution in [0.15, 0.2) is 3.79 Å². The Morgan fingerprint density at radius 2 is 2.50 bits per heavy atom. The lowest BCUT2D eigenvalue weighted by Crippen LogP contribution is -1.81. The van der Waals surface area contributed by atoms with Gasteiger partial charge in [0.2, 0.25) is 0 Å². The molecule has 0 aliphatic heterocycles. The Morgan fingerprint density at radius 3 is 3.20 bits per heavy atom. The van der Waals surface area contributed by atoms with Crippen LogP contribution in [-0.4, -0.2) is 4.98 Å². The summed E-state index contributed by atoms with van der Waals surface area (Å²) in [4.78, 5) is 3.59. The molecule has 1 aromatic heterocycles. The van der Waals surface area contributed by atoms with Gasteiger partial charge in [0, 0.05) is 13.7 Å². The van der Waals surface area contributed by atoms with Crippen molar-refractivity contribution in [1.29, 1.82) is 0 Å². The quantitative estimate of drug-likeness (QED) is 0.761. The van der Waals surface area contributed by atoms with E-state index in [4.69, 9.17) is 13.7 Å². The van der Waals surface area contributed by atoms with E-state index in [9.17, 15) is 0 Å². The van der Waals surface area contributed by atoms with Crippen molar-refractivity contribution in [2.75, 3.05) is 0 Å². The lowest BCUT2D eigenvalue weighted by molar-refractivity contribution is 0.998. The molecule has 1 nitrogen and oxygen atoms in total. The molecule has 1 aromatic rings. The SMILES string of the molecule is [2H]C([2H])([2H])C([2H])([2H])c1nc(C([2H])([2H])C([2H])([2H])[2H])c(Br)s1. The molecule has 0 bridgehead atoms. The van der Waals surface area contributed by atoms with E-state index in [2.05, 4.69) is 20.9 Å². The van der Waals surface area contributed by atoms with Crippen LogP contribution in [0.3, 0.4) is 0 Å². The zero-order valence-corrected chi connectivity index (χ0v) is 7.14. The van der Waals surface area contributed by atoms with Crippen molar-refractivity contribution in [2.45, 2.75) is 26.4 Å². The number of hydrogen-bond acceptors (Lipinski definition) is 2. The topological polar surface area (TPSA) is 12.9 Å². The van der Waals surface area contributed by atoms with E-state index < -0.39 is 37.2 Å². The lowest BCUT2D eigenvalue weighted by atomic mass is 10.4. The van der Waals surface area contributed by atoms with Gasteiger partial charge in [0.1, 0.15) is 0 Å².